The van der Waals surface area contributed by atoms with Gasteiger partial charge in [-0.2, -0.15) is 0 Å². The van der Waals surface area contributed by atoms with Crippen molar-refractivity contribution in [1.29, 1.82) is 0 Å². The summed E-state index contributed by atoms with van der Waals surface area (Å²) in [5, 5.41) is 0. The molecule has 0 atom stereocenters. The first-order valence-corrected chi connectivity index (χ1v) is 7.10. The summed E-state index contributed by atoms with van der Waals surface area (Å²) >= 11 is 3.40. The Balaban J connectivity index is 2.89. The molecule has 0 saturated carbocycles. The molecule has 0 saturated heterocycles. The van der Waals surface area contributed by atoms with E-state index in [-0.39, 0.29) is 12.5 Å². The van der Waals surface area contributed by atoms with Crippen LogP contribution >= 0.6 is 15.9 Å². The van der Waals surface area contributed by atoms with Crippen LogP contribution in [0, 0.1) is 6.92 Å². The smallest absolute Gasteiger partial charge is 0.325 e. The molecule has 1 amide bonds. The molecule has 0 aromatic heterocycles. The average Bonchev–Trinajstić information content (AvgIpc) is 2.41. The van der Waals surface area contributed by atoms with E-state index in [1.54, 1.807) is 25.1 Å². The summed E-state index contributed by atoms with van der Waals surface area (Å²) < 4.78 is 5.73. The minimum Gasteiger partial charge on any atom is -0.465 e. The second kappa shape index (κ2) is 7.85. The van der Waals surface area contributed by atoms with Crippen molar-refractivity contribution < 1.29 is 14.3 Å². The predicted octanol–water partition coefficient (Wildman–Crippen LogP) is 2.95. The molecule has 0 heterocycles. The van der Waals surface area contributed by atoms with Gasteiger partial charge < -0.3 is 9.64 Å². The molecule has 1 aromatic carbocycles. The highest BCUT2D eigenvalue weighted by Crippen LogP contribution is 2.18. The third kappa shape index (κ3) is 4.49. The van der Waals surface area contributed by atoms with E-state index in [2.05, 4.69) is 22.5 Å². The predicted molar refractivity (Wildman–Crippen MR) is 81.6 cm³/mol. The number of benzene rings is 1. The normalized spacial score (nSPS) is 9.95. The van der Waals surface area contributed by atoms with Gasteiger partial charge in [0.2, 0.25) is 0 Å². The molecule has 0 N–H and O–H groups in total. The highest BCUT2D eigenvalue weighted by Gasteiger charge is 2.18. The number of ether oxygens (including phenoxy) is 1. The summed E-state index contributed by atoms with van der Waals surface area (Å²) in [6.07, 6.45) is 1.58. The highest BCUT2D eigenvalue weighted by atomic mass is 79.9. The van der Waals surface area contributed by atoms with Crippen molar-refractivity contribution in [3.63, 3.8) is 0 Å². The van der Waals surface area contributed by atoms with Crippen LogP contribution in [0.5, 0.6) is 0 Å². The Labute approximate surface area is 127 Å². The molecule has 0 spiro atoms. The number of rotatable bonds is 6. The molecule has 0 aliphatic carbocycles. The molecule has 0 unspecified atom stereocenters. The lowest BCUT2D eigenvalue weighted by Crippen LogP contribution is -2.36. The van der Waals surface area contributed by atoms with E-state index in [0.717, 1.165) is 10.0 Å². The zero-order valence-corrected chi connectivity index (χ0v) is 13.3. The van der Waals surface area contributed by atoms with Gasteiger partial charge in [-0.3, -0.25) is 9.59 Å². The zero-order chi connectivity index (χ0) is 15.1. The summed E-state index contributed by atoms with van der Waals surface area (Å²) in [4.78, 5) is 25.3. The largest absolute Gasteiger partial charge is 0.465 e. The van der Waals surface area contributed by atoms with Crippen molar-refractivity contribution in [1.82, 2.24) is 4.90 Å². The third-order valence-electron chi connectivity index (χ3n) is 2.68. The van der Waals surface area contributed by atoms with Gasteiger partial charge in [-0.15, -0.1) is 6.58 Å². The topological polar surface area (TPSA) is 46.6 Å². The van der Waals surface area contributed by atoms with Crippen molar-refractivity contribution in [2.75, 3.05) is 19.7 Å². The fourth-order valence-corrected chi connectivity index (χ4v) is 2.02. The van der Waals surface area contributed by atoms with Gasteiger partial charge >= 0.3 is 5.97 Å². The Hall–Kier alpha value is -1.62. The molecule has 1 aromatic rings. The Kier molecular flexibility index (Phi) is 6.45. The van der Waals surface area contributed by atoms with E-state index >= 15 is 0 Å². The molecule has 0 bridgehead atoms. The van der Waals surface area contributed by atoms with Gasteiger partial charge in [-0.1, -0.05) is 28.1 Å². The van der Waals surface area contributed by atoms with Crippen LogP contribution < -0.4 is 0 Å². The summed E-state index contributed by atoms with van der Waals surface area (Å²) in [5.74, 6) is -0.646. The minimum absolute atomic E-state index is 0.0792. The molecule has 5 heteroatoms. The Bertz CT molecular complexity index is 514. The van der Waals surface area contributed by atoms with Crippen LogP contribution in [-0.4, -0.2) is 36.5 Å². The lowest BCUT2D eigenvalue weighted by Gasteiger charge is -2.20. The molecule has 1 rings (SSSR count). The lowest BCUT2D eigenvalue weighted by atomic mass is 10.1. The minimum atomic E-state index is -0.422. The number of carbonyl (C=O) groups is 2. The fourth-order valence-electron chi connectivity index (χ4n) is 1.65. The quantitative estimate of drug-likeness (QED) is 0.591. The van der Waals surface area contributed by atoms with Crippen LogP contribution in [0.3, 0.4) is 0 Å². The maximum absolute atomic E-state index is 12.4. The number of nitrogens with zero attached hydrogens (tertiary/aromatic N) is 1. The molecule has 0 radical (unpaired) electrons. The molecular weight excluding hydrogens is 322 g/mol. The van der Waals surface area contributed by atoms with Crippen molar-refractivity contribution >= 4 is 27.8 Å². The van der Waals surface area contributed by atoms with Crippen LogP contribution in [-0.2, 0) is 9.53 Å². The van der Waals surface area contributed by atoms with Crippen molar-refractivity contribution in [3.05, 3.63) is 46.5 Å². The second-order valence-corrected chi connectivity index (χ2v) is 5.10. The molecule has 108 valence electrons. The van der Waals surface area contributed by atoms with Crippen molar-refractivity contribution in [2.45, 2.75) is 13.8 Å². The second-order valence-electron chi connectivity index (χ2n) is 4.24. The van der Waals surface area contributed by atoms with E-state index in [1.165, 1.54) is 4.90 Å². The fraction of sp³-hybridized carbons (Fsp3) is 0.333. The number of aryl methyl sites for hydroxylation is 1. The van der Waals surface area contributed by atoms with Crippen LogP contribution in [0.15, 0.2) is 35.3 Å². The maximum Gasteiger partial charge on any atom is 0.325 e. The molecule has 0 aliphatic heterocycles. The zero-order valence-electron chi connectivity index (χ0n) is 11.7. The molecule has 4 nitrogen and oxygen atoms in total. The van der Waals surface area contributed by atoms with E-state index < -0.39 is 5.97 Å². The standard InChI is InChI=1S/C15H18BrNO3/c1-4-8-17(10-14(18)20-5-2)15(19)12-7-6-11(3)13(16)9-12/h4,6-7,9H,1,5,8,10H2,2-3H3. The summed E-state index contributed by atoms with van der Waals surface area (Å²) in [6.45, 7) is 7.79. The van der Waals surface area contributed by atoms with Gasteiger partial charge in [0.25, 0.3) is 5.91 Å². The monoisotopic (exact) mass is 339 g/mol. The summed E-state index contributed by atoms with van der Waals surface area (Å²) in [5.41, 5.74) is 1.57. The number of amides is 1. The van der Waals surface area contributed by atoms with Gasteiger partial charge in [0, 0.05) is 16.6 Å². The average molecular weight is 340 g/mol. The number of esters is 1. The first-order chi connectivity index (χ1) is 9.49. The first kappa shape index (κ1) is 16.4. The third-order valence-corrected chi connectivity index (χ3v) is 3.54. The van der Waals surface area contributed by atoms with Crippen LogP contribution in [0.4, 0.5) is 0 Å². The van der Waals surface area contributed by atoms with Gasteiger partial charge in [-0.05, 0) is 31.5 Å². The van der Waals surface area contributed by atoms with Crippen molar-refractivity contribution in [3.8, 4) is 0 Å². The van der Waals surface area contributed by atoms with Gasteiger partial charge in [-0.25, -0.2) is 0 Å². The Morgan fingerprint density at radius 2 is 2.15 bits per heavy atom. The van der Waals surface area contributed by atoms with Crippen LogP contribution in [0.1, 0.15) is 22.8 Å². The first-order valence-electron chi connectivity index (χ1n) is 6.31. The molecule has 20 heavy (non-hydrogen) atoms. The molecular formula is C15H18BrNO3. The van der Waals surface area contributed by atoms with Crippen molar-refractivity contribution in [2.24, 2.45) is 0 Å². The van der Waals surface area contributed by atoms with Crippen LogP contribution in [0.25, 0.3) is 0 Å². The maximum atomic E-state index is 12.4. The van der Waals surface area contributed by atoms with E-state index in [0.29, 0.717) is 18.7 Å². The van der Waals surface area contributed by atoms with E-state index in [1.807, 2.05) is 13.0 Å². The van der Waals surface area contributed by atoms with Gasteiger partial charge in [0.05, 0.1) is 6.61 Å². The van der Waals surface area contributed by atoms with Crippen LogP contribution in [0.2, 0.25) is 0 Å². The summed E-state index contributed by atoms with van der Waals surface area (Å²) in [7, 11) is 0. The Morgan fingerprint density at radius 3 is 2.70 bits per heavy atom. The highest BCUT2D eigenvalue weighted by molar-refractivity contribution is 9.10. The summed E-state index contributed by atoms with van der Waals surface area (Å²) in [6, 6.07) is 5.34. The lowest BCUT2D eigenvalue weighted by molar-refractivity contribution is -0.143. The van der Waals surface area contributed by atoms with E-state index in [4.69, 9.17) is 4.74 Å². The van der Waals surface area contributed by atoms with Gasteiger partial charge in [0.15, 0.2) is 0 Å². The number of halogens is 1. The number of carbonyl (C=O) groups excluding carboxylic acids is 2. The Morgan fingerprint density at radius 1 is 1.45 bits per heavy atom. The SMILES string of the molecule is C=CCN(CC(=O)OCC)C(=O)c1ccc(C)c(Br)c1. The van der Waals surface area contributed by atoms with E-state index in [9.17, 15) is 9.59 Å². The molecule has 0 aliphatic rings. The number of hydrogen-bond acceptors (Lipinski definition) is 3. The molecule has 0 fully saturated rings. The van der Waals surface area contributed by atoms with Gasteiger partial charge in [0.1, 0.15) is 6.54 Å². The number of hydrogen-bond donors (Lipinski definition) is 0.